The Morgan fingerprint density at radius 1 is 1.32 bits per heavy atom. The summed E-state index contributed by atoms with van der Waals surface area (Å²) in [5.74, 6) is 0.656. The van der Waals surface area contributed by atoms with Gasteiger partial charge in [0.15, 0.2) is 9.84 Å². The molecule has 1 N–H and O–H groups in total. The van der Waals surface area contributed by atoms with Gasteiger partial charge in [-0.3, -0.25) is 9.80 Å². The molecule has 2 fully saturated rings. The Kier molecular flexibility index (Phi) is 5.19. The maximum atomic E-state index is 11.5. The molecule has 2 atom stereocenters. The fourth-order valence-corrected chi connectivity index (χ4v) is 4.68. The van der Waals surface area contributed by atoms with Gasteiger partial charge in [0.05, 0.1) is 24.2 Å². The molecule has 2 rings (SSSR count). The molecule has 0 aromatic heterocycles. The molecule has 6 nitrogen and oxygen atoms in total. The molecule has 112 valence electrons. The minimum atomic E-state index is -2.80. The van der Waals surface area contributed by atoms with Gasteiger partial charge in [-0.1, -0.05) is 0 Å². The van der Waals surface area contributed by atoms with Gasteiger partial charge in [-0.2, -0.15) is 0 Å². The molecule has 0 aromatic rings. The number of rotatable bonds is 5. The lowest BCUT2D eigenvalue weighted by atomic mass is 10.2. The molecule has 2 heterocycles. The maximum Gasteiger partial charge on any atom is 0.151 e. The summed E-state index contributed by atoms with van der Waals surface area (Å²) in [6.07, 6.45) is 0.331. The van der Waals surface area contributed by atoms with E-state index in [0.29, 0.717) is 24.7 Å². The molecule has 7 heteroatoms. The summed E-state index contributed by atoms with van der Waals surface area (Å²) in [6.45, 7) is 4.54. The average Bonchev–Trinajstić information content (AvgIpc) is 2.71. The van der Waals surface area contributed by atoms with Crippen LogP contribution in [0, 0.1) is 0 Å². The summed E-state index contributed by atoms with van der Waals surface area (Å²) in [5, 5.41) is 9.69. The Labute approximate surface area is 115 Å². The zero-order chi connectivity index (χ0) is 13.9. The third-order valence-corrected chi connectivity index (χ3v) is 5.71. The molecule has 0 aliphatic carbocycles. The van der Waals surface area contributed by atoms with E-state index in [1.54, 1.807) is 7.11 Å². The first-order valence-corrected chi connectivity index (χ1v) is 8.66. The van der Waals surface area contributed by atoms with Crippen LogP contribution in [0.2, 0.25) is 0 Å². The number of aliphatic hydroxyl groups excluding tert-OH is 1. The van der Waals surface area contributed by atoms with Crippen LogP contribution in [-0.2, 0) is 14.6 Å². The summed E-state index contributed by atoms with van der Waals surface area (Å²) >= 11 is 0. The zero-order valence-electron chi connectivity index (χ0n) is 11.5. The van der Waals surface area contributed by atoms with Crippen molar-refractivity contribution < 1.29 is 18.3 Å². The molecule has 0 unspecified atom stereocenters. The van der Waals surface area contributed by atoms with Crippen LogP contribution in [0.1, 0.15) is 6.42 Å². The van der Waals surface area contributed by atoms with E-state index in [1.807, 2.05) is 0 Å². The van der Waals surface area contributed by atoms with Crippen molar-refractivity contribution in [3.63, 3.8) is 0 Å². The quantitative estimate of drug-likeness (QED) is 0.686. The van der Waals surface area contributed by atoms with Crippen molar-refractivity contribution in [3.8, 4) is 0 Å². The molecule has 0 spiro atoms. The van der Waals surface area contributed by atoms with Crippen molar-refractivity contribution in [3.05, 3.63) is 0 Å². The first-order valence-electron chi connectivity index (χ1n) is 6.84. The molecule has 19 heavy (non-hydrogen) atoms. The summed E-state index contributed by atoms with van der Waals surface area (Å²) < 4.78 is 27.9. The van der Waals surface area contributed by atoms with Crippen LogP contribution in [-0.4, -0.2) is 93.4 Å². The smallest absolute Gasteiger partial charge is 0.151 e. The van der Waals surface area contributed by atoms with Gasteiger partial charge in [-0.25, -0.2) is 8.42 Å². The van der Waals surface area contributed by atoms with E-state index in [-0.39, 0.29) is 6.04 Å². The SMILES string of the molecule is COC[C@H](O)CN1CCN([C@H]2CCS(=O)(=O)C2)CC1. The van der Waals surface area contributed by atoms with E-state index in [0.717, 1.165) is 32.6 Å². The fourth-order valence-electron chi connectivity index (χ4n) is 2.92. The number of β-amino-alcohol motifs (C(OH)–C–C–N with tert-alkyl or cyclic N) is 1. The van der Waals surface area contributed by atoms with E-state index in [9.17, 15) is 13.5 Å². The number of nitrogens with zero attached hydrogens (tertiary/aromatic N) is 2. The second-order valence-electron chi connectivity index (χ2n) is 5.50. The molecule has 0 saturated carbocycles. The fraction of sp³-hybridized carbons (Fsp3) is 1.00. The lowest BCUT2D eigenvalue weighted by Crippen LogP contribution is -2.52. The highest BCUT2D eigenvalue weighted by Crippen LogP contribution is 2.19. The number of aliphatic hydroxyl groups is 1. The van der Waals surface area contributed by atoms with Gasteiger partial charge < -0.3 is 9.84 Å². The van der Waals surface area contributed by atoms with Crippen LogP contribution in [0.5, 0.6) is 0 Å². The zero-order valence-corrected chi connectivity index (χ0v) is 12.3. The first kappa shape index (κ1) is 15.2. The van der Waals surface area contributed by atoms with Gasteiger partial charge in [0, 0.05) is 45.9 Å². The minimum Gasteiger partial charge on any atom is -0.389 e. The topological polar surface area (TPSA) is 70.1 Å². The van der Waals surface area contributed by atoms with Crippen molar-refractivity contribution in [2.45, 2.75) is 18.6 Å². The second-order valence-corrected chi connectivity index (χ2v) is 7.73. The second kappa shape index (κ2) is 6.49. The Morgan fingerprint density at radius 2 is 2.00 bits per heavy atom. The van der Waals surface area contributed by atoms with Crippen molar-refractivity contribution >= 4 is 9.84 Å². The summed E-state index contributed by atoms with van der Waals surface area (Å²) in [6, 6.07) is 0.205. The normalized spacial score (nSPS) is 30.5. The van der Waals surface area contributed by atoms with Crippen LogP contribution < -0.4 is 0 Å². The number of hydrogen-bond donors (Lipinski definition) is 1. The van der Waals surface area contributed by atoms with E-state index in [2.05, 4.69) is 9.80 Å². The Hall–Kier alpha value is -0.210. The molecular formula is C12H24N2O4S. The standard InChI is InChI=1S/C12H24N2O4S/c1-18-9-12(15)8-13-3-5-14(6-4-13)11-2-7-19(16,17)10-11/h11-12,15H,2-10H2,1H3/t11-,12+/m0/s1. The molecule has 0 radical (unpaired) electrons. The van der Waals surface area contributed by atoms with E-state index >= 15 is 0 Å². The van der Waals surface area contributed by atoms with Gasteiger partial charge in [-0.15, -0.1) is 0 Å². The van der Waals surface area contributed by atoms with Crippen LogP contribution in [0.25, 0.3) is 0 Å². The van der Waals surface area contributed by atoms with E-state index in [4.69, 9.17) is 4.74 Å². The van der Waals surface area contributed by atoms with E-state index < -0.39 is 15.9 Å². The lowest BCUT2D eigenvalue weighted by Gasteiger charge is -2.38. The van der Waals surface area contributed by atoms with Crippen LogP contribution in [0.3, 0.4) is 0 Å². The Balaban J connectivity index is 1.74. The monoisotopic (exact) mass is 292 g/mol. The molecule has 2 saturated heterocycles. The molecule has 2 aliphatic heterocycles. The lowest BCUT2D eigenvalue weighted by molar-refractivity contribution is 0.0196. The van der Waals surface area contributed by atoms with Crippen molar-refractivity contribution in [2.24, 2.45) is 0 Å². The van der Waals surface area contributed by atoms with Crippen LogP contribution in [0.15, 0.2) is 0 Å². The minimum absolute atomic E-state index is 0.205. The molecule has 0 aromatic carbocycles. The third-order valence-electron chi connectivity index (χ3n) is 3.96. The molecular weight excluding hydrogens is 268 g/mol. The number of sulfone groups is 1. The van der Waals surface area contributed by atoms with Crippen LogP contribution >= 0.6 is 0 Å². The predicted octanol–water partition coefficient (Wildman–Crippen LogP) is -1.20. The van der Waals surface area contributed by atoms with Crippen molar-refractivity contribution in [1.29, 1.82) is 0 Å². The summed E-state index contributed by atoms with van der Waals surface area (Å²) in [5.41, 5.74) is 0. The predicted molar refractivity (Wildman–Crippen MR) is 73.0 cm³/mol. The summed E-state index contributed by atoms with van der Waals surface area (Å²) in [4.78, 5) is 4.49. The highest BCUT2D eigenvalue weighted by Gasteiger charge is 2.33. The largest absolute Gasteiger partial charge is 0.389 e. The van der Waals surface area contributed by atoms with Crippen molar-refractivity contribution in [1.82, 2.24) is 9.80 Å². The summed E-state index contributed by atoms with van der Waals surface area (Å²) in [7, 11) is -1.21. The van der Waals surface area contributed by atoms with Gasteiger partial charge in [0.1, 0.15) is 0 Å². The van der Waals surface area contributed by atoms with Crippen LogP contribution in [0.4, 0.5) is 0 Å². The third kappa shape index (κ3) is 4.39. The van der Waals surface area contributed by atoms with Gasteiger partial charge >= 0.3 is 0 Å². The van der Waals surface area contributed by atoms with Gasteiger partial charge in [0.2, 0.25) is 0 Å². The number of hydrogen-bond acceptors (Lipinski definition) is 6. The highest BCUT2D eigenvalue weighted by atomic mass is 32.2. The average molecular weight is 292 g/mol. The molecule has 0 bridgehead atoms. The van der Waals surface area contributed by atoms with Gasteiger partial charge in [-0.05, 0) is 6.42 Å². The Bertz CT molecular complexity index is 379. The Morgan fingerprint density at radius 3 is 2.53 bits per heavy atom. The highest BCUT2D eigenvalue weighted by molar-refractivity contribution is 7.91. The van der Waals surface area contributed by atoms with Gasteiger partial charge in [0.25, 0.3) is 0 Å². The maximum absolute atomic E-state index is 11.5. The number of piperazine rings is 1. The molecule has 2 aliphatic rings. The number of ether oxygens (including phenoxy) is 1. The first-order chi connectivity index (χ1) is 9.00. The molecule has 0 amide bonds. The van der Waals surface area contributed by atoms with E-state index in [1.165, 1.54) is 0 Å². The van der Waals surface area contributed by atoms with Crippen molar-refractivity contribution in [2.75, 3.05) is 57.9 Å². The number of methoxy groups -OCH3 is 1.